The third-order valence-electron chi connectivity index (χ3n) is 1.84. The van der Waals surface area contributed by atoms with Gasteiger partial charge in [-0.1, -0.05) is 0 Å². The lowest BCUT2D eigenvalue weighted by Gasteiger charge is -1.85. The molecule has 10 heavy (non-hydrogen) atoms. The first-order valence-corrected chi connectivity index (χ1v) is 4.27. The molecule has 3 heteroatoms. The van der Waals surface area contributed by atoms with E-state index in [1.165, 1.54) is 4.88 Å². The summed E-state index contributed by atoms with van der Waals surface area (Å²) in [5.74, 6) is 0.631. The molecule has 2 N–H and O–H groups in total. The van der Waals surface area contributed by atoms with Crippen LogP contribution >= 0.6 is 11.3 Å². The number of thiazole rings is 1. The van der Waals surface area contributed by atoms with Crippen LogP contribution in [0, 0.1) is 6.92 Å². The quantitative estimate of drug-likeness (QED) is 0.661. The van der Waals surface area contributed by atoms with Gasteiger partial charge >= 0.3 is 0 Å². The van der Waals surface area contributed by atoms with Gasteiger partial charge in [-0.15, -0.1) is 11.3 Å². The zero-order valence-electron chi connectivity index (χ0n) is 5.87. The fourth-order valence-corrected chi connectivity index (χ4v) is 2.07. The van der Waals surface area contributed by atoms with Gasteiger partial charge in [0.2, 0.25) is 0 Å². The zero-order chi connectivity index (χ0) is 7.14. The molecular formula is C7H10N2S. The number of nitrogens with zero attached hydrogens (tertiary/aromatic N) is 1. The van der Waals surface area contributed by atoms with Crippen LogP contribution in [0.15, 0.2) is 6.20 Å². The molecule has 54 valence electrons. The van der Waals surface area contributed by atoms with E-state index in [4.69, 9.17) is 5.73 Å². The van der Waals surface area contributed by atoms with Crippen molar-refractivity contribution in [3.05, 3.63) is 16.1 Å². The van der Waals surface area contributed by atoms with Crippen molar-refractivity contribution >= 4 is 11.3 Å². The molecule has 0 spiro atoms. The van der Waals surface area contributed by atoms with E-state index in [0.29, 0.717) is 12.0 Å². The van der Waals surface area contributed by atoms with Crippen LogP contribution in [0.5, 0.6) is 0 Å². The first-order valence-electron chi connectivity index (χ1n) is 3.45. The minimum Gasteiger partial charge on any atom is -0.327 e. The number of aryl methyl sites for hydroxylation is 1. The van der Waals surface area contributed by atoms with Gasteiger partial charge < -0.3 is 5.73 Å². The van der Waals surface area contributed by atoms with E-state index in [0.717, 1.165) is 11.4 Å². The second kappa shape index (κ2) is 2.04. The molecule has 1 aromatic heterocycles. The van der Waals surface area contributed by atoms with Gasteiger partial charge in [0.1, 0.15) is 0 Å². The summed E-state index contributed by atoms with van der Waals surface area (Å²) >= 11 is 1.77. The van der Waals surface area contributed by atoms with Crippen molar-refractivity contribution < 1.29 is 0 Å². The molecular weight excluding hydrogens is 144 g/mol. The number of nitrogens with two attached hydrogens (primary N) is 1. The molecule has 2 nitrogen and oxygen atoms in total. The molecule has 0 aliphatic heterocycles. The Bertz CT molecular complexity index is 244. The number of rotatable bonds is 1. The lowest BCUT2D eigenvalue weighted by molar-refractivity contribution is 1.00. The Morgan fingerprint density at radius 3 is 2.90 bits per heavy atom. The van der Waals surface area contributed by atoms with Gasteiger partial charge in [0.15, 0.2) is 0 Å². The van der Waals surface area contributed by atoms with Crippen molar-refractivity contribution in [2.75, 3.05) is 0 Å². The van der Waals surface area contributed by atoms with E-state index in [-0.39, 0.29) is 0 Å². The Morgan fingerprint density at radius 1 is 1.80 bits per heavy atom. The van der Waals surface area contributed by atoms with Crippen molar-refractivity contribution in [2.45, 2.75) is 25.3 Å². The summed E-state index contributed by atoms with van der Waals surface area (Å²) < 4.78 is 0. The number of hydrogen-bond acceptors (Lipinski definition) is 3. The molecule has 0 radical (unpaired) electrons. The Balaban J connectivity index is 2.20. The van der Waals surface area contributed by atoms with E-state index in [1.54, 1.807) is 11.3 Å². The van der Waals surface area contributed by atoms with Crippen molar-refractivity contribution in [1.29, 1.82) is 0 Å². The summed E-state index contributed by atoms with van der Waals surface area (Å²) in [7, 11) is 0. The standard InChI is InChI=1S/C7H10N2S/c1-4-9-3-7(10-4)5-2-6(5)8/h3,5-6H,2,8H2,1H3. The van der Waals surface area contributed by atoms with Crippen molar-refractivity contribution in [2.24, 2.45) is 5.73 Å². The van der Waals surface area contributed by atoms with E-state index in [9.17, 15) is 0 Å². The van der Waals surface area contributed by atoms with E-state index in [2.05, 4.69) is 4.98 Å². The molecule has 1 aliphatic carbocycles. The van der Waals surface area contributed by atoms with Crippen LogP contribution in [0.3, 0.4) is 0 Å². The lowest BCUT2D eigenvalue weighted by atomic mass is 10.4. The second-order valence-corrected chi connectivity index (χ2v) is 4.05. The highest BCUT2D eigenvalue weighted by Gasteiger charge is 2.36. The summed E-state index contributed by atoms with van der Waals surface area (Å²) in [5, 5.41) is 1.15. The van der Waals surface area contributed by atoms with Gasteiger partial charge in [0, 0.05) is 23.0 Å². The van der Waals surface area contributed by atoms with Gasteiger partial charge in [0.25, 0.3) is 0 Å². The molecule has 0 aromatic carbocycles. The molecule has 1 aliphatic rings. The molecule has 2 atom stereocenters. The molecule has 2 rings (SSSR count). The van der Waals surface area contributed by atoms with Crippen LogP contribution in [-0.2, 0) is 0 Å². The average molecular weight is 154 g/mol. The molecule has 1 heterocycles. The van der Waals surface area contributed by atoms with Crippen molar-refractivity contribution in [1.82, 2.24) is 4.98 Å². The highest BCUT2D eigenvalue weighted by atomic mass is 32.1. The van der Waals surface area contributed by atoms with Crippen LogP contribution in [0.2, 0.25) is 0 Å². The molecule has 0 amide bonds. The molecule has 0 saturated heterocycles. The summed E-state index contributed by atoms with van der Waals surface area (Å²) in [6, 6.07) is 0.417. The molecule has 1 aromatic rings. The minimum atomic E-state index is 0.417. The monoisotopic (exact) mass is 154 g/mol. The van der Waals surface area contributed by atoms with Crippen LogP contribution in [0.4, 0.5) is 0 Å². The van der Waals surface area contributed by atoms with Gasteiger partial charge in [0.05, 0.1) is 5.01 Å². The Kier molecular flexibility index (Phi) is 1.28. The van der Waals surface area contributed by atoms with E-state index < -0.39 is 0 Å². The van der Waals surface area contributed by atoms with Crippen LogP contribution in [-0.4, -0.2) is 11.0 Å². The number of aromatic nitrogens is 1. The summed E-state index contributed by atoms with van der Waals surface area (Å²) in [4.78, 5) is 5.54. The van der Waals surface area contributed by atoms with Gasteiger partial charge in [-0.2, -0.15) is 0 Å². The summed E-state index contributed by atoms with van der Waals surface area (Å²) in [6.45, 7) is 2.03. The summed E-state index contributed by atoms with van der Waals surface area (Å²) in [5.41, 5.74) is 5.69. The maximum Gasteiger partial charge on any atom is 0.0896 e. The predicted molar refractivity (Wildman–Crippen MR) is 42.2 cm³/mol. The van der Waals surface area contributed by atoms with Crippen LogP contribution in [0.25, 0.3) is 0 Å². The fourth-order valence-electron chi connectivity index (χ4n) is 1.09. The first-order chi connectivity index (χ1) is 4.77. The number of hydrogen-bond donors (Lipinski definition) is 1. The Labute approximate surface area is 64.1 Å². The zero-order valence-corrected chi connectivity index (χ0v) is 6.69. The van der Waals surface area contributed by atoms with Crippen molar-refractivity contribution in [3.63, 3.8) is 0 Å². The second-order valence-electron chi connectivity index (χ2n) is 2.79. The average Bonchev–Trinajstić information content (AvgIpc) is 2.42. The minimum absolute atomic E-state index is 0.417. The smallest absolute Gasteiger partial charge is 0.0896 e. The van der Waals surface area contributed by atoms with E-state index >= 15 is 0 Å². The third-order valence-corrected chi connectivity index (χ3v) is 2.89. The Hall–Kier alpha value is -0.410. The molecule has 1 saturated carbocycles. The molecule has 1 fully saturated rings. The van der Waals surface area contributed by atoms with E-state index in [1.807, 2.05) is 13.1 Å². The maximum absolute atomic E-state index is 5.69. The topological polar surface area (TPSA) is 38.9 Å². The fraction of sp³-hybridized carbons (Fsp3) is 0.571. The Morgan fingerprint density at radius 2 is 2.50 bits per heavy atom. The van der Waals surface area contributed by atoms with Crippen molar-refractivity contribution in [3.8, 4) is 0 Å². The largest absolute Gasteiger partial charge is 0.327 e. The SMILES string of the molecule is Cc1ncc(C2CC2N)s1. The van der Waals surface area contributed by atoms with Gasteiger partial charge in [-0.25, -0.2) is 4.98 Å². The molecule has 2 unspecified atom stereocenters. The highest BCUT2D eigenvalue weighted by Crippen LogP contribution is 2.41. The van der Waals surface area contributed by atoms with Crippen LogP contribution < -0.4 is 5.73 Å². The summed E-state index contributed by atoms with van der Waals surface area (Å²) in [6.07, 6.45) is 3.11. The predicted octanol–water partition coefficient (Wildman–Crippen LogP) is 1.27. The highest BCUT2D eigenvalue weighted by molar-refractivity contribution is 7.11. The van der Waals surface area contributed by atoms with Crippen LogP contribution in [0.1, 0.15) is 22.2 Å². The molecule has 0 bridgehead atoms. The normalized spacial score (nSPS) is 30.6. The first kappa shape index (κ1) is 6.31. The third kappa shape index (κ3) is 0.954. The van der Waals surface area contributed by atoms with Gasteiger partial charge in [-0.3, -0.25) is 0 Å². The lowest BCUT2D eigenvalue weighted by Crippen LogP contribution is -1.99. The maximum atomic E-state index is 5.69. The van der Waals surface area contributed by atoms with Gasteiger partial charge in [-0.05, 0) is 13.3 Å².